The fraction of sp³-hybridized carbons (Fsp3) is 0.200. The summed E-state index contributed by atoms with van der Waals surface area (Å²) in [4.78, 5) is 28.3. The van der Waals surface area contributed by atoms with Crippen molar-refractivity contribution in [2.75, 3.05) is 12.0 Å². The van der Waals surface area contributed by atoms with Crippen LogP contribution in [0, 0.1) is 5.82 Å². The third-order valence-corrected chi connectivity index (χ3v) is 5.67. The van der Waals surface area contributed by atoms with Gasteiger partial charge >= 0.3 is 0 Å². The molecule has 3 aromatic rings. The van der Waals surface area contributed by atoms with Crippen molar-refractivity contribution in [1.82, 2.24) is 5.32 Å². The Labute approximate surface area is 180 Å². The van der Waals surface area contributed by atoms with Crippen LogP contribution in [0.15, 0.2) is 72.8 Å². The molecule has 158 valence electrons. The number of rotatable bonds is 5. The van der Waals surface area contributed by atoms with E-state index in [9.17, 15) is 14.0 Å². The van der Waals surface area contributed by atoms with E-state index in [1.165, 1.54) is 29.2 Å². The number of hydrogen-bond acceptors (Lipinski definition) is 3. The summed E-state index contributed by atoms with van der Waals surface area (Å²) >= 11 is 0. The molecule has 0 aromatic heterocycles. The van der Waals surface area contributed by atoms with Gasteiger partial charge in [-0.2, -0.15) is 0 Å². The molecule has 4 rings (SSSR count). The lowest BCUT2D eigenvalue weighted by atomic mass is 9.82. The van der Waals surface area contributed by atoms with Crippen LogP contribution >= 0.6 is 0 Å². The van der Waals surface area contributed by atoms with Gasteiger partial charge in [-0.15, -0.1) is 0 Å². The smallest absolute Gasteiger partial charge is 0.259 e. The Hall–Kier alpha value is -3.67. The Bertz CT molecular complexity index is 1110. The van der Waals surface area contributed by atoms with Crippen LogP contribution in [0.1, 0.15) is 28.4 Å². The summed E-state index contributed by atoms with van der Waals surface area (Å²) in [6.45, 7) is 2.05. The number of carbonyl (C=O) groups excluding carboxylic acids is 2. The molecule has 1 N–H and O–H groups in total. The van der Waals surface area contributed by atoms with Gasteiger partial charge in [0.25, 0.3) is 5.91 Å². The van der Waals surface area contributed by atoms with Gasteiger partial charge in [0, 0.05) is 24.2 Å². The average molecular weight is 418 g/mol. The molecule has 0 unspecified atom stereocenters. The zero-order valence-electron chi connectivity index (χ0n) is 17.4. The second-order valence-corrected chi connectivity index (χ2v) is 7.76. The predicted molar refractivity (Wildman–Crippen MR) is 117 cm³/mol. The quantitative estimate of drug-likeness (QED) is 0.678. The summed E-state index contributed by atoms with van der Waals surface area (Å²) in [6, 6.07) is 20.3. The predicted octanol–water partition coefficient (Wildman–Crippen LogP) is 4.11. The van der Waals surface area contributed by atoms with E-state index in [1.54, 1.807) is 26.2 Å². The number of halogens is 1. The van der Waals surface area contributed by atoms with E-state index in [0.29, 0.717) is 24.2 Å². The molecule has 31 heavy (non-hydrogen) atoms. The first-order chi connectivity index (χ1) is 14.9. The summed E-state index contributed by atoms with van der Waals surface area (Å²) in [7, 11) is 1.60. The molecule has 1 aliphatic rings. The van der Waals surface area contributed by atoms with E-state index in [2.05, 4.69) is 5.32 Å². The van der Waals surface area contributed by atoms with Crippen LogP contribution in [0.25, 0.3) is 0 Å². The molecule has 1 aliphatic heterocycles. The molecule has 0 radical (unpaired) electrons. The van der Waals surface area contributed by atoms with Crippen molar-refractivity contribution in [3.63, 3.8) is 0 Å². The first-order valence-corrected chi connectivity index (χ1v) is 10.0. The van der Waals surface area contributed by atoms with Gasteiger partial charge in [0.1, 0.15) is 17.1 Å². The lowest BCUT2D eigenvalue weighted by Gasteiger charge is -2.44. The Morgan fingerprint density at radius 2 is 1.74 bits per heavy atom. The van der Waals surface area contributed by atoms with E-state index >= 15 is 0 Å². The van der Waals surface area contributed by atoms with Crippen molar-refractivity contribution in [3.8, 4) is 5.75 Å². The van der Waals surface area contributed by atoms with Crippen LogP contribution in [0.3, 0.4) is 0 Å². The summed E-state index contributed by atoms with van der Waals surface area (Å²) in [5.41, 5.74) is 1.58. The second-order valence-electron chi connectivity index (χ2n) is 7.76. The lowest BCUT2D eigenvalue weighted by molar-refractivity contribution is -0.126. The molecule has 6 heteroatoms. The Morgan fingerprint density at radius 3 is 2.42 bits per heavy atom. The first-order valence-electron chi connectivity index (χ1n) is 10.0. The third kappa shape index (κ3) is 3.89. The van der Waals surface area contributed by atoms with E-state index < -0.39 is 11.4 Å². The van der Waals surface area contributed by atoms with Crippen LogP contribution in [0.4, 0.5) is 10.1 Å². The highest BCUT2D eigenvalue weighted by Crippen LogP contribution is 2.35. The minimum atomic E-state index is -1.17. The second kappa shape index (κ2) is 8.22. The van der Waals surface area contributed by atoms with Gasteiger partial charge in [-0.1, -0.05) is 30.3 Å². The van der Waals surface area contributed by atoms with Crippen molar-refractivity contribution in [1.29, 1.82) is 0 Å². The monoisotopic (exact) mass is 418 g/mol. The van der Waals surface area contributed by atoms with E-state index in [1.807, 2.05) is 36.4 Å². The summed E-state index contributed by atoms with van der Waals surface area (Å²) in [5, 5.41) is 2.96. The molecule has 1 heterocycles. The maximum Gasteiger partial charge on any atom is 0.259 e. The molecule has 3 aromatic carbocycles. The van der Waals surface area contributed by atoms with Crippen molar-refractivity contribution < 1.29 is 18.7 Å². The summed E-state index contributed by atoms with van der Waals surface area (Å²) in [5.74, 6) is -0.232. The standard InChI is InChI=1S/C25H23FN2O3/c1-25(24(30)27-16-17-7-13-21(31-2)14-8-17)15-18-5-3-4-6-22(18)23(29)28(25)20-11-9-19(26)10-12-20/h3-14H,15-16H2,1-2H3,(H,27,30)/t25-/m0/s1. The van der Waals surface area contributed by atoms with Crippen molar-refractivity contribution in [3.05, 3.63) is 95.3 Å². The van der Waals surface area contributed by atoms with E-state index in [0.717, 1.165) is 16.9 Å². The van der Waals surface area contributed by atoms with Gasteiger partial charge in [0.2, 0.25) is 5.91 Å². The number of ether oxygens (including phenoxy) is 1. The highest BCUT2D eigenvalue weighted by atomic mass is 19.1. The SMILES string of the molecule is COc1ccc(CNC(=O)[C@]2(C)Cc3ccccc3C(=O)N2c2ccc(F)cc2)cc1. The van der Waals surface area contributed by atoms with Crippen molar-refractivity contribution in [2.45, 2.75) is 25.4 Å². The highest BCUT2D eigenvalue weighted by molar-refractivity contribution is 6.14. The molecule has 0 bridgehead atoms. The van der Waals surface area contributed by atoms with Crippen LogP contribution in [-0.2, 0) is 17.8 Å². The molecule has 2 amide bonds. The van der Waals surface area contributed by atoms with Crippen LogP contribution in [0.2, 0.25) is 0 Å². The fourth-order valence-electron chi connectivity index (χ4n) is 3.97. The molecule has 0 fully saturated rings. The maximum atomic E-state index is 13.5. The van der Waals surface area contributed by atoms with E-state index in [-0.39, 0.29) is 11.8 Å². The Morgan fingerprint density at radius 1 is 1.06 bits per heavy atom. The minimum absolute atomic E-state index is 0.282. The molecule has 1 atom stereocenters. The molecule has 5 nitrogen and oxygen atoms in total. The lowest BCUT2D eigenvalue weighted by Crippen LogP contribution is -2.63. The van der Waals surface area contributed by atoms with Gasteiger partial charge in [0.05, 0.1) is 7.11 Å². The molecular formula is C25H23FN2O3. The molecular weight excluding hydrogens is 395 g/mol. The van der Waals surface area contributed by atoms with Crippen LogP contribution < -0.4 is 15.0 Å². The molecule has 0 saturated carbocycles. The number of nitrogens with one attached hydrogen (secondary N) is 1. The van der Waals surface area contributed by atoms with E-state index in [4.69, 9.17) is 4.74 Å². The van der Waals surface area contributed by atoms with Gasteiger partial charge in [-0.3, -0.25) is 14.5 Å². The minimum Gasteiger partial charge on any atom is -0.497 e. The number of methoxy groups -OCH3 is 1. The van der Waals surface area contributed by atoms with Gasteiger partial charge < -0.3 is 10.1 Å². The first kappa shape index (κ1) is 20.6. The Kier molecular flexibility index (Phi) is 5.46. The Balaban J connectivity index is 1.66. The van der Waals surface area contributed by atoms with Crippen LogP contribution in [-0.4, -0.2) is 24.5 Å². The number of nitrogens with zero attached hydrogens (tertiary/aromatic N) is 1. The van der Waals surface area contributed by atoms with Crippen molar-refractivity contribution in [2.24, 2.45) is 0 Å². The number of amides is 2. The average Bonchev–Trinajstić information content (AvgIpc) is 2.79. The van der Waals surface area contributed by atoms with Crippen molar-refractivity contribution >= 4 is 17.5 Å². The maximum absolute atomic E-state index is 13.5. The third-order valence-electron chi connectivity index (χ3n) is 5.67. The number of benzene rings is 3. The molecule has 0 aliphatic carbocycles. The molecule has 0 spiro atoms. The highest BCUT2D eigenvalue weighted by Gasteiger charge is 2.47. The van der Waals surface area contributed by atoms with Gasteiger partial charge in [0.15, 0.2) is 0 Å². The number of anilines is 1. The number of carbonyl (C=O) groups is 2. The van der Waals surface area contributed by atoms with Gasteiger partial charge in [-0.05, 0) is 60.5 Å². The topological polar surface area (TPSA) is 58.6 Å². The molecule has 0 saturated heterocycles. The number of hydrogen-bond donors (Lipinski definition) is 1. The zero-order valence-corrected chi connectivity index (χ0v) is 17.4. The largest absolute Gasteiger partial charge is 0.497 e. The van der Waals surface area contributed by atoms with Gasteiger partial charge in [-0.25, -0.2) is 4.39 Å². The fourth-order valence-corrected chi connectivity index (χ4v) is 3.97. The zero-order chi connectivity index (χ0) is 22.0. The number of fused-ring (bicyclic) bond motifs is 1. The summed E-state index contributed by atoms with van der Waals surface area (Å²) in [6.07, 6.45) is 0.348. The normalized spacial score (nSPS) is 17.8. The van der Waals surface area contributed by atoms with Crippen LogP contribution in [0.5, 0.6) is 5.75 Å². The summed E-state index contributed by atoms with van der Waals surface area (Å²) < 4.78 is 18.7.